The molecule has 1 nitrogen and oxygen atoms in total. The van der Waals surface area contributed by atoms with E-state index in [0.29, 0.717) is 6.04 Å². The van der Waals surface area contributed by atoms with Crippen LogP contribution in [-0.4, -0.2) is 12.6 Å². The molecule has 0 amide bonds. The summed E-state index contributed by atoms with van der Waals surface area (Å²) >= 11 is 0. The van der Waals surface area contributed by atoms with Gasteiger partial charge >= 0.3 is 0 Å². The zero-order valence-corrected chi connectivity index (χ0v) is 9.29. The quantitative estimate of drug-likeness (QED) is 0.682. The molecule has 0 bridgehead atoms. The van der Waals surface area contributed by atoms with Gasteiger partial charge in [-0.3, -0.25) is 0 Å². The van der Waals surface area contributed by atoms with Gasteiger partial charge in [0.15, 0.2) is 0 Å². The van der Waals surface area contributed by atoms with Crippen molar-refractivity contribution in [1.82, 2.24) is 5.32 Å². The van der Waals surface area contributed by atoms with Crippen molar-refractivity contribution in [3.63, 3.8) is 0 Å². The van der Waals surface area contributed by atoms with Crippen molar-refractivity contribution in [2.45, 2.75) is 39.2 Å². The highest BCUT2D eigenvalue weighted by atomic mass is 14.9. The van der Waals surface area contributed by atoms with E-state index < -0.39 is 0 Å². The highest BCUT2D eigenvalue weighted by molar-refractivity contribution is 5.14. The molecule has 78 valence electrons. The summed E-state index contributed by atoms with van der Waals surface area (Å²) in [6.45, 7) is 5.53. The van der Waals surface area contributed by atoms with Gasteiger partial charge in [-0.1, -0.05) is 44.2 Å². The van der Waals surface area contributed by atoms with Gasteiger partial charge in [0.1, 0.15) is 0 Å². The number of rotatable bonds is 6. The smallest absolute Gasteiger partial charge is 0.00103 e. The van der Waals surface area contributed by atoms with Crippen molar-refractivity contribution in [3.05, 3.63) is 35.9 Å². The van der Waals surface area contributed by atoms with Crippen LogP contribution in [0.5, 0.6) is 0 Å². The summed E-state index contributed by atoms with van der Waals surface area (Å²) in [5.41, 5.74) is 1.46. The van der Waals surface area contributed by atoms with Crippen LogP contribution in [0, 0.1) is 0 Å². The Kier molecular flexibility index (Phi) is 5.31. The van der Waals surface area contributed by atoms with Gasteiger partial charge in [0.2, 0.25) is 0 Å². The van der Waals surface area contributed by atoms with Crippen LogP contribution in [-0.2, 0) is 6.42 Å². The van der Waals surface area contributed by atoms with Crippen LogP contribution in [0.15, 0.2) is 30.3 Å². The Morgan fingerprint density at radius 3 is 2.43 bits per heavy atom. The summed E-state index contributed by atoms with van der Waals surface area (Å²) in [5.74, 6) is 0. The SMILES string of the molecule is CC(C)NCCCCc1ccccc1. The van der Waals surface area contributed by atoms with E-state index in [0.717, 1.165) is 6.54 Å². The molecule has 1 N–H and O–H groups in total. The Labute approximate surface area is 87.5 Å². The summed E-state index contributed by atoms with van der Waals surface area (Å²) in [6, 6.07) is 11.3. The monoisotopic (exact) mass is 191 g/mol. The normalized spacial score (nSPS) is 10.8. The Balaban J connectivity index is 2.05. The number of aryl methyl sites for hydroxylation is 1. The van der Waals surface area contributed by atoms with E-state index in [9.17, 15) is 0 Å². The number of nitrogens with one attached hydrogen (secondary N) is 1. The Morgan fingerprint density at radius 1 is 1.07 bits per heavy atom. The van der Waals surface area contributed by atoms with Gasteiger partial charge in [-0.05, 0) is 31.4 Å². The summed E-state index contributed by atoms with van der Waals surface area (Å²) in [7, 11) is 0. The molecule has 0 aliphatic heterocycles. The summed E-state index contributed by atoms with van der Waals surface area (Å²) in [4.78, 5) is 0. The van der Waals surface area contributed by atoms with E-state index in [1.165, 1.54) is 24.8 Å². The lowest BCUT2D eigenvalue weighted by molar-refractivity contribution is 0.557. The minimum Gasteiger partial charge on any atom is -0.315 e. The fourth-order valence-electron chi connectivity index (χ4n) is 1.49. The van der Waals surface area contributed by atoms with Crippen molar-refractivity contribution >= 4 is 0 Å². The number of unbranched alkanes of at least 4 members (excludes halogenated alkanes) is 1. The minimum atomic E-state index is 0.617. The van der Waals surface area contributed by atoms with Crippen molar-refractivity contribution < 1.29 is 0 Å². The van der Waals surface area contributed by atoms with Crippen molar-refractivity contribution in [1.29, 1.82) is 0 Å². The molecule has 0 radical (unpaired) electrons. The van der Waals surface area contributed by atoms with Gasteiger partial charge in [0, 0.05) is 6.04 Å². The molecule has 0 aliphatic rings. The standard InChI is InChI=1S/C13H21N/c1-12(2)14-11-7-6-10-13-8-4-3-5-9-13/h3-5,8-9,12,14H,6-7,10-11H2,1-2H3. The molecule has 0 aromatic heterocycles. The molecule has 0 fully saturated rings. The first kappa shape index (κ1) is 11.3. The third kappa shape index (κ3) is 5.03. The lowest BCUT2D eigenvalue weighted by Crippen LogP contribution is -2.23. The third-order valence-corrected chi connectivity index (χ3v) is 2.29. The second-order valence-electron chi connectivity index (χ2n) is 4.05. The first-order valence-electron chi connectivity index (χ1n) is 5.56. The largest absolute Gasteiger partial charge is 0.315 e. The highest BCUT2D eigenvalue weighted by Gasteiger charge is 1.93. The molecule has 0 aliphatic carbocycles. The zero-order chi connectivity index (χ0) is 10.2. The van der Waals surface area contributed by atoms with Crippen LogP contribution in [0.4, 0.5) is 0 Å². The van der Waals surface area contributed by atoms with Crippen molar-refractivity contribution in [2.75, 3.05) is 6.54 Å². The highest BCUT2D eigenvalue weighted by Crippen LogP contribution is 2.03. The van der Waals surface area contributed by atoms with Gasteiger partial charge in [-0.15, -0.1) is 0 Å². The molecule has 1 aromatic carbocycles. The van der Waals surface area contributed by atoms with E-state index in [2.05, 4.69) is 49.5 Å². The second-order valence-corrected chi connectivity index (χ2v) is 4.05. The topological polar surface area (TPSA) is 12.0 Å². The zero-order valence-electron chi connectivity index (χ0n) is 9.29. The maximum atomic E-state index is 3.43. The van der Waals surface area contributed by atoms with Crippen LogP contribution < -0.4 is 5.32 Å². The molecule has 1 rings (SSSR count). The summed E-state index contributed by atoms with van der Waals surface area (Å²) < 4.78 is 0. The van der Waals surface area contributed by atoms with Crippen LogP contribution in [0.1, 0.15) is 32.3 Å². The first-order valence-corrected chi connectivity index (χ1v) is 5.56. The lowest BCUT2D eigenvalue weighted by atomic mass is 10.1. The predicted molar refractivity (Wildman–Crippen MR) is 62.5 cm³/mol. The predicted octanol–water partition coefficient (Wildman–Crippen LogP) is 3.01. The van der Waals surface area contributed by atoms with E-state index in [1.54, 1.807) is 0 Å². The van der Waals surface area contributed by atoms with Gasteiger partial charge < -0.3 is 5.32 Å². The van der Waals surface area contributed by atoms with Crippen LogP contribution >= 0.6 is 0 Å². The van der Waals surface area contributed by atoms with Crippen LogP contribution in [0.3, 0.4) is 0 Å². The van der Waals surface area contributed by atoms with Gasteiger partial charge in [0.25, 0.3) is 0 Å². The minimum absolute atomic E-state index is 0.617. The summed E-state index contributed by atoms with van der Waals surface area (Å²) in [6.07, 6.45) is 3.76. The van der Waals surface area contributed by atoms with Crippen LogP contribution in [0.25, 0.3) is 0 Å². The molecule has 1 aromatic rings. The van der Waals surface area contributed by atoms with Gasteiger partial charge in [0.05, 0.1) is 0 Å². The molecule has 14 heavy (non-hydrogen) atoms. The molecule has 0 unspecified atom stereocenters. The average Bonchev–Trinajstić information content (AvgIpc) is 2.18. The van der Waals surface area contributed by atoms with Gasteiger partial charge in [-0.25, -0.2) is 0 Å². The first-order chi connectivity index (χ1) is 6.79. The Morgan fingerprint density at radius 2 is 1.79 bits per heavy atom. The Hall–Kier alpha value is -0.820. The van der Waals surface area contributed by atoms with E-state index >= 15 is 0 Å². The Bertz CT molecular complexity index is 228. The second kappa shape index (κ2) is 6.61. The number of hydrogen-bond acceptors (Lipinski definition) is 1. The molecule has 1 heteroatoms. The number of hydrogen-bond donors (Lipinski definition) is 1. The van der Waals surface area contributed by atoms with Crippen molar-refractivity contribution in [3.8, 4) is 0 Å². The van der Waals surface area contributed by atoms with Gasteiger partial charge in [-0.2, -0.15) is 0 Å². The third-order valence-electron chi connectivity index (χ3n) is 2.29. The maximum absolute atomic E-state index is 3.43. The lowest BCUT2D eigenvalue weighted by Gasteiger charge is -2.07. The van der Waals surface area contributed by atoms with Crippen molar-refractivity contribution in [2.24, 2.45) is 0 Å². The molecular weight excluding hydrogens is 170 g/mol. The molecule has 0 atom stereocenters. The maximum Gasteiger partial charge on any atom is 0.00103 e. The molecule has 0 heterocycles. The van der Waals surface area contributed by atoms with E-state index in [4.69, 9.17) is 0 Å². The van der Waals surface area contributed by atoms with E-state index in [-0.39, 0.29) is 0 Å². The molecular formula is C13H21N. The average molecular weight is 191 g/mol. The van der Waals surface area contributed by atoms with Crippen LogP contribution in [0.2, 0.25) is 0 Å². The number of benzene rings is 1. The molecule has 0 spiro atoms. The fraction of sp³-hybridized carbons (Fsp3) is 0.538. The summed E-state index contributed by atoms with van der Waals surface area (Å²) in [5, 5.41) is 3.43. The van der Waals surface area contributed by atoms with E-state index in [1.807, 2.05) is 0 Å². The molecule has 0 saturated heterocycles. The fourth-order valence-corrected chi connectivity index (χ4v) is 1.49. The molecule has 0 saturated carbocycles.